The van der Waals surface area contributed by atoms with E-state index in [2.05, 4.69) is 44.0 Å². The molecule has 2 aromatic carbocycles. The minimum Gasteiger partial charge on any atom is -0.350 e. The number of nitrogens with zero attached hydrogens (tertiary/aromatic N) is 2. The Morgan fingerprint density at radius 1 is 1.19 bits per heavy atom. The summed E-state index contributed by atoms with van der Waals surface area (Å²) < 4.78 is 0. The van der Waals surface area contributed by atoms with E-state index in [-0.39, 0.29) is 24.4 Å². The fraction of sp³-hybridized carbons (Fsp3) is 0.250. The molecule has 6 nitrogen and oxygen atoms in total. The SMILES string of the molecule is Cc1nc(-c2ccc(C(=O)NCC3NCCc4ccccc43)cc2)n[nH]1.Cl. The maximum Gasteiger partial charge on any atom is 0.251 e. The molecule has 7 heteroatoms. The summed E-state index contributed by atoms with van der Waals surface area (Å²) in [5.41, 5.74) is 4.14. The minimum atomic E-state index is -0.0763. The Kier molecular flexibility index (Phi) is 5.88. The summed E-state index contributed by atoms with van der Waals surface area (Å²) in [7, 11) is 0. The molecule has 140 valence electrons. The highest BCUT2D eigenvalue weighted by atomic mass is 35.5. The largest absolute Gasteiger partial charge is 0.350 e. The minimum absolute atomic E-state index is 0. The molecule has 1 amide bonds. The van der Waals surface area contributed by atoms with E-state index in [0.717, 1.165) is 24.4 Å². The molecule has 3 aromatic rings. The molecule has 0 saturated heterocycles. The number of carbonyl (C=O) groups is 1. The fourth-order valence-corrected chi connectivity index (χ4v) is 3.31. The monoisotopic (exact) mass is 383 g/mol. The van der Waals surface area contributed by atoms with E-state index in [1.807, 2.05) is 25.1 Å². The number of carbonyl (C=O) groups excluding carboxylic acids is 1. The molecule has 1 aliphatic rings. The molecule has 0 saturated carbocycles. The molecule has 2 heterocycles. The van der Waals surface area contributed by atoms with Gasteiger partial charge in [0.05, 0.1) is 0 Å². The van der Waals surface area contributed by atoms with Gasteiger partial charge >= 0.3 is 0 Å². The van der Waals surface area contributed by atoms with Crippen LogP contribution in [0.2, 0.25) is 0 Å². The number of aromatic nitrogens is 3. The van der Waals surface area contributed by atoms with Gasteiger partial charge in [0.25, 0.3) is 5.91 Å². The molecule has 3 N–H and O–H groups in total. The van der Waals surface area contributed by atoms with Crippen LogP contribution in [-0.4, -0.2) is 34.2 Å². The summed E-state index contributed by atoms with van der Waals surface area (Å²) in [6, 6.07) is 15.9. The van der Waals surface area contributed by atoms with Crippen molar-refractivity contribution in [1.29, 1.82) is 0 Å². The molecule has 0 bridgehead atoms. The predicted octanol–water partition coefficient (Wildman–Crippen LogP) is 2.82. The van der Waals surface area contributed by atoms with E-state index < -0.39 is 0 Å². The summed E-state index contributed by atoms with van der Waals surface area (Å²) in [5, 5.41) is 13.5. The number of hydrogen-bond acceptors (Lipinski definition) is 4. The lowest BCUT2D eigenvalue weighted by Crippen LogP contribution is -2.38. The van der Waals surface area contributed by atoms with Crippen LogP contribution >= 0.6 is 12.4 Å². The average Bonchev–Trinajstić information content (AvgIpc) is 3.12. The molecule has 4 rings (SSSR count). The van der Waals surface area contributed by atoms with Crippen molar-refractivity contribution in [2.75, 3.05) is 13.1 Å². The van der Waals surface area contributed by atoms with Gasteiger partial charge in [0, 0.05) is 23.7 Å². The molecular weight excluding hydrogens is 362 g/mol. The molecule has 0 aliphatic carbocycles. The third-order valence-corrected chi connectivity index (χ3v) is 4.68. The van der Waals surface area contributed by atoms with Gasteiger partial charge in [0.1, 0.15) is 5.82 Å². The Morgan fingerprint density at radius 2 is 1.96 bits per heavy atom. The number of aromatic amines is 1. The van der Waals surface area contributed by atoms with Crippen molar-refractivity contribution in [3.8, 4) is 11.4 Å². The number of rotatable bonds is 4. The lowest BCUT2D eigenvalue weighted by Gasteiger charge is -2.27. The van der Waals surface area contributed by atoms with Crippen LogP contribution in [0.25, 0.3) is 11.4 Å². The average molecular weight is 384 g/mol. The lowest BCUT2D eigenvalue weighted by atomic mass is 9.94. The Morgan fingerprint density at radius 3 is 2.70 bits per heavy atom. The van der Waals surface area contributed by atoms with Gasteiger partial charge < -0.3 is 10.6 Å². The molecule has 0 radical (unpaired) electrons. The molecule has 1 aromatic heterocycles. The lowest BCUT2D eigenvalue weighted by molar-refractivity contribution is 0.0949. The first-order valence-electron chi connectivity index (χ1n) is 8.79. The number of H-pyrrole nitrogens is 1. The second kappa shape index (κ2) is 8.33. The highest BCUT2D eigenvalue weighted by Crippen LogP contribution is 2.22. The highest BCUT2D eigenvalue weighted by Gasteiger charge is 2.19. The van der Waals surface area contributed by atoms with Crippen LogP contribution in [0.3, 0.4) is 0 Å². The van der Waals surface area contributed by atoms with Crippen molar-refractivity contribution >= 4 is 18.3 Å². The van der Waals surface area contributed by atoms with Crippen LogP contribution in [0.4, 0.5) is 0 Å². The van der Waals surface area contributed by atoms with E-state index >= 15 is 0 Å². The summed E-state index contributed by atoms with van der Waals surface area (Å²) in [4.78, 5) is 16.8. The molecule has 27 heavy (non-hydrogen) atoms. The highest BCUT2D eigenvalue weighted by molar-refractivity contribution is 5.94. The number of nitrogens with one attached hydrogen (secondary N) is 3. The predicted molar refractivity (Wildman–Crippen MR) is 107 cm³/mol. The second-order valence-electron chi connectivity index (χ2n) is 6.49. The number of amides is 1. The molecule has 1 atom stereocenters. The summed E-state index contributed by atoms with van der Waals surface area (Å²) in [5.74, 6) is 1.33. The first kappa shape index (κ1) is 19.1. The Labute approximate surface area is 164 Å². The van der Waals surface area contributed by atoms with Gasteiger partial charge in [-0.1, -0.05) is 36.4 Å². The van der Waals surface area contributed by atoms with Crippen molar-refractivity contribution in [2.45, 2.75) is 19.4 Å². The van der Waals surface area contributed by atoms with Crippen LogP contribution < -0.4 is 10.6 Å². The van der Waals surface area contributed by atoms with Gasteiger partial charge in [-0.05, 0) is 43.1 Å². The standard InChI is InChI=1S/C20H21N5O.ClH/c1-13-23-19(25-24-13)15-6-8-16(9-7-15)20(26)22-12-18-17-5-3-2-4-14(17)10-11-21-18;/h2-9,18,21H,10-12H2,1H3,(H,22,26)(H,23,24,25);1H. The Hall–Kier alpha value is -2.70. The molecule has 1 aliphatic heterocycles. The number of halogens is 1. The van der Waals surface area contributed by atoms with Crippen LogP contribution in [0.1, 0.15) is 33.4 Å². The smallest absolute Gasteiger partial charge is 0.251 e. The summed E-state index contributed by atoms with van der Waals surface area (Å²) >= 11 is 0. The van der Waals surface area contributed by atoms with E-state index in [1.165, 1.54) is 11.1 Å². The maximum atomic E-state index is 12.5. The van der Waals surface area contributed by atoms with Gasteiger partial charge in [-0.15, -0.1) is 12.4 Å². The topological polar surface area (TPSA) is 82.7 Å². The molecular formula is C20H22ClN5O. The van der Waals surface area contributed by atoms with Crippen molar-refractivity contribution in [3.63, 3.8) is 0 Å². The fourth-order valence-electron chi connectivity index (χ4n) is 3.31. The summed E-state index contributed by atoms with van der Waals surface area (Å²) in [6.45, 7) is 3.36. The maximum absolute atomic E-state index is 12.5. The number of benzene rings is 2. The van der Waals surface area contributed by atoms with Gasteiger partial charge in [-0.25, -0.2) is 4.98 Å². The molecule has 0 spiro atoms. The van der Waals surface area contributed by atoms with Crippen molar-refractivity contribution in [2.24, 2.45) is 0 Å². The number of aryl methyl sites for hydroxylation is 1. The van der Waals surface area contributed by atoms with E-state index in [9.17, 15) is 4.79 Å². The number of fused-ring (bicyclic) bond motifs is 1. The van der Waals surface area contributed by atoms with Crippen LogP contribution in [0.15, 0.2) is 48.5 Å². The third kappa shape index (κ3) is 4.18. The van der Waals surface area contributed by atoms with Gasteiger partial charge in [-0.2, -0.15) is 5.10 Å². The van der Waals surface area contributed by atoms with Crippen molar-refractivity contribution < 1.29 is 4.79 Å². The zero-order chi connectivity index (χ0) is 17.9. The van der Waals surface area contributed by atoms with E-state index in [1.54, 1.807) is 12.1 Å². The Balaban J connectivity index is 0.00000210. The molecule has 1 unspecified atom stereocenters. The van der Waals surface area contributed by atoms with Gasteiger partial charge in [0.15, 0.2) is 5.82 Å². The van der Waals surface area contributed by atoms with E-state index in [4.69, 9.17) is 0 Å². The van der Waals surface area contributed by atoms with Gasteiger partial charge in [-0.3, -0.25) is 9.89 Å². The van der Waals surface area contributed by atoms with Crippen molar-refractivity contribution in [1.82, 2.24) is 25.8 Å². The quantitative estimate of drug-likeness (QED) is 0.647. The zero-order valence-electron chi connectivity index (χ0n) is 15.0. The van der Waals surface area contributed by atoms with Crippen LogP contribution in [0.5, 0.6) is 0 Å². The van der Waals surface area contributed by atoms with Crippen LogP contribution in [-0.2, 0) is 6.42 Å². The van der Waals surface area contributed by atoms with Crippen molar-refractivity contribution in [3.05, 3.63) is 71.0 Å². The van der Waals surface area contributed by atoms with Crippen LogP contribution in [0, 0.1) is 6.92 Å². The van der Waals surface area contributed by atoms with E-state index in [0.29, 0.717) is 17.9 Å². The third-order valence-electron chi connectivity index (χ3n) is 4.68. The number of hydrogen-bond donors (Lipinski definition) is 3. The zero-order valence-corrected chi connectivity index (χ0v) is 15.8. The first-order chi connectivity index (χ1) is 12.7. The normalized spacial score (nSPS) is 15.5. The summed E-state index contributed by atoms with van der Waals surface area (Å²) in [6.07, 6.45) is 1.03. The molecule has 0 fully saturated rings. The second-order valence-corrected chi connectivity index (χ2v) is 6.49. The Bertz CT molecular complexity index is 922. The first-order valence-corrected chi connectivity index (χ1v) is 8.79. The van der Waals surface area contributed by atoms with Gasteiger partial charge in [0.2, 0.25) is 0 Å².